The van der Waals surface area contributed by atoms with E-state index >= 15 is 0 Å². The first-order valence-corrected chi connectivity index (χ1v) is 10.5. The van der Waals surface area contributed by atoms with E-state index in [9.17, 15) is 9.18 Å². The van der Waals surface area contributed by atoms with Crippen LogP contribution in [0.5, 0.6) is 0 Å². The summed E-state index contributed by atoms with van der Waals surface area (Å²) in [6.45, 7) is 0.545. The van der Waals surface area contributed by atoms with E-state index in [4.69, 9.17) is 4.98 Å². The van der Waals surface area contributed by atoms with Crippen molar-refractivity contribution in [3.8, 4) is 11.3 Å². The Hall–Kier alpha value is -3.51. The Morgan fingerprint density at radius 3 is 2.67 bits per heavy atom. The highest BCUT2D eigenvalue weighted by Crippen LogP contribution is 2.34. The van der Waals surface area contributed by atoms with Gasteiger partial charge >= 0.3 is 0 Å². The highest BCUT2D eigenvalue weighted by Gasteiger charge is 2.27. The Labute approximate surface area is 177 Å². The summed E-state index contributed by atoms with van der Waals surface area (Å²) in [5.74, 6) is -0.795. The molecular formula is C24H18FN3OS. The fourth-order valence-electron chi connectivity index (χ4n) is 3.66. The van der Waals surface area contributed by atoms with Gasteiger partial charge in [0, 0.05) is 28.9 Å². The number of benzene rings is 3. The van der Waals surface area contributed by atoms with Gasteiger partial charge in [0.15, 0.2) is 5.13 Å². The first-order chi connectivity index (χ1) is 14.7. The predicted molar refractivity (Wildman–Crippen MR) is 119 cm³/mol. The zero-order chi connectivity index (χ0) is 20.5. The molecule has 0 spiro atoms. The van der Waals surface area contributed by atoms with E-state index in [0.29, 0.717) is 6.54 Å². The van der Waals surface area contributed by atoms with Gasteiger partial charge in [0.05, 0.1) is 11.3 Å². The van der Waals surface area contributed by atoms with Crippen LogP contribution in [-0.2, 0) is 6.42 Å². The second kappa shape index (κ2) is 7.72. The monoisotopic (exact) mass is 415 g/mol. The minimum Gasteiger partial charge on any atom is -0.332 e. The molecule has 0 fully saturated rings. The number of thiazole rings is 1. The van der Waals surface area contributed by atoms with Crippen LogP contribution in [0.1, 0.15) is 15.9 Å². The fraction of sp³-hybridized carbons (Fsp3) is 0.0833. The fourth-order valence-corrected chi connectivity index (χ4v) is 4.40. The molecule has 3 aromatic carbocycles. The molecule has 1 aliphatic heterocycles. The van der Waals surface area contributed by atoms with Crippen LogP contribution < -0.4 is 10.2 Å². The van der Waals surface area contributed by atoms with Crippen molar-refractivity contribution in [2.24, 2.45) is 0 Å². The van der Waals surface area contributed by atoms with Gasteiger partial charge in [-0.25, -0.2) is 9.37 Å². The van der Waals surface area contributed by atoms with Crippen molar-refractivity contribution in [2.45, 2.75) is 6.42 Å². The maximum Gasteiger partial charge on any atom is 0.261 e. The number of carbonyl (C=O) groups is 1. The summed E-state index contributed by atoms with van der Waals surface area (Å²) in [4.78, 5) is 19.2. The summed E-state index contributed by atoms with van der Waals surface area (Å²) in [5, 5.41) is 6.16. The molecule has 0 radical (unpaired) electrons. The van der Waals surface area contributed by atoms with Gasteiger partial charge in [0.25, 0.3) is 5.91 Å². The lowest BCUT2D eigenvalue weighted by Gasteiger charge is -2.18. The molecule has 5 rings (SSSR count). The van der Waals surface area contributed by atoms with Gasteiger partial charge in [-0.15, -0.1) is 11.3 Å². The Morgan fingerprint density at radius 2 is 1.83 bits per heavy atom. The Kier molecular flexibility index (Phi) is 4.77. The average Bonchev–Trinajstić information content (AvgIpc) is 3.41. The van der Waals surface area contributed by atoms with Crippen LogP contribution in [0.4, 0.5) is 20.9 Å². The van der Waals surface area contributed by atoms with Crippen LogP contribution in [0.3, 0.4) is 0 Å². The number of hydrogen-bond acceptors (Lipinski definition) is 4. The van der Waals surface area contributed by atoms with E-state index in [1.165, 1.54) is 12.1 Å². The molecule has 148 valence electrons. The third-order valence-electron chi connectivity index (χ3n) is 5.15. The number of aromatic nitrogens is 1. The molecule has 0 saturated heterocycles. The van der Waals surface area contributed by atoms with Crippen molar-refractivity contribution in [2.75, 3.05) is 16.8 Å². The summed E-state index contributed by atoms with van der Waals surface area (Å²) in [6, 6.07) is 22.0. The van der Waals surface area contributed by atoms with Gasteiger partial charge in [-0.05, 0) is 48.4 Å². The topological polar surface area (TPSA) is 45.2 Å². The Morgan fingerprint density at radius 1 is 1.03 bits per heavy atom. The summed E-state index contributed by atoms with van der Waals surface area (Å²) < 4.78 is 14.1. The van der Waals surface area contributed by atoms with E-state index < -0.39 is 5.82 Å². The molecule has 0 bridgehead atoms. The molecule has 4 aromatic rings. The second-order valence-corrected chi connectivity index (χ2v) is 7.92. The maximum atomic E-state index is 14.1. The molecular weight excluding hydrogens is 397 g/mol. The van der Waals surface area contributed by atoms with Crippen LogP contribution in [-0.4, -0.2) is 17.4 Å². The van der Waals surface area contributed by atoms with Crippen molar-refractivity contribution < 1.29 is 9.18 Å². The molecule has 6 heteroatoms. The van der Waals surface area contributed by atoms with E-state index in [1.54, 1.807) is 28.4 Å². The molecule has 0 atom stereocenters. The molecule has 1 N–H and O–H groups in total. The van der Waals surface area contributed by atoms with E-state index in [0.717, 1.165) is 39.7 Å². The standard InChI is InChI=1S/C24H18FN3OS/c25-20-9-5-4-8-19(20)23(29)28-13-12-17-14-16(10-11-22(17)28)21-15-30-24(27-21)26-18-6-2-1-3-7-18/h1-11,14-15H,12-13H2,(H,26,27). The summed E-state index contributed by atoms with van der Waals surface area (Å²) >= 11 is 1.55. The maximum absolute atomic E-state index is 14.1. The minimum absolute atomic E-state index is 0.102. The molecule has 30 heavy (non-hydrogen) atoms. The number of carbonyl (C=O) groups excluding carboxylic acids is 1. The molecule has 4 nitrogen and oxygen atoms in total. The number of para-hydroxylation sites is 1. The van der Waals surface area contributed by atoms with E-state index in [-0.39, 0.29) is 11.5 Å². The molecule has 1 aliphatic rings. The third-order valence-corrected chi connectivity index (χ3v) is 5.91. The SMILES string of the molecule is O=C(c1ccccc1F)N1CCc2cc(-c3csc(Nc4ccccc4)n3)ccc21. The van der Waals surface area contributed by atoms with Gasteiger partial charge < -0.3 is 10.2 Å². The van der Waals surface area contributed by atoms with Crippen LogP contribution in [0.2, 0.25) is 0 Å². The van der Waals surface area contributed by atoms with Crippen molar-refractivity contribution in [3.05, 3.63) is 95.1 Å². The Balaban J connectivity index is 1.38. The summed E-state index contributed by atoms with van der Waals surface area (Å²) in [6.07, 6.45) is 0.739. The summed E-state index contributed by atoms with van der Waals surface area (Å²) in [5.41, 5.74) is 4.90. The van der Waals surface area contributed by atoms with Crippen LogP contribution in [0, 0.1) is 5.82 Å². The molecule has 1 amide bonds. The van der Waals surface area contributed by atoms with Gasteiger partial charge in [0.2, 0.25) is 0 Å². The first-order valence-electron chi connectivity index (χ1n) is 9.66. The van der Waals surface area contributed by atoms with Gasteiger partial charge in [0.1, 0.15) is 5.82 Å². The van der Waals surface area contributed by atoms with Crippen molar-refractivity contribution in [1.82, 2.24) is 4.98 Å². The number of amides is 1. The average molecular weight is 415 g/mol. The number of rotatable bonds is 4. The number of nitrogens with one attached hydrogen (secondary N) is 1. The number of fused-ring (bicyclic) bond motifs is 1. The highest BCUT2D eigenvalue weighted by atomic mass is 32.1. The smallest absolute Gasteiger partial charge is 0.261 e. The molecule has 0 unspecified atom stereocenters. The van der Waals surface area contributed by atoms with Gasteiger partial charge in [-0.2, -0.15) is 0 Å². The predicted octanol–water partition coefficient (Wildman–Crippen LogP) is 5.90. The number of anilines is 3. The first kappa shape index (κ1) is 18.5. The second-order valence-electron chi connectivity index (χ2n) is 7.06. The molecule has 1 aromatic heterocycles. The lowest BCUT2D eigenvalue weighted by Crippen LogP contribution is -2.29. The largest absolute Gasteiger partial charge is 0.332 e. The lowest BCUT2D eigenvalue weighted by molar-refractivity contribution is 0.0985. The zero-order valence-electron chi connectivity index (χ0n) is 16.0. The van der Waals surface area contributed by atoms with Crippen LogP contribution in [0.15, 0.2) is 78.2 Å². The van der Waals surface area contributed by atoms with Gasteiger partial charge in [-0.3, -0.25) is 4.79 Å². The van der Waals surface area contributed by atoms with Crippen molar-refractivity contribution >= 4 is 33.8 Å². The number of halogens is 1. The third kappa shape index (κ3) is 3.46. The molecule has 2 heterocycles. The number of nitrogens with zero attached hydrogens (tertiary/aromatic N) is 2. The highest BCUT2D eigenvalue weighted by molar-refractivity contribution is 7.14. The van der Waals surface area contributed by atoms with Crippen molar-refractivity contribution in [1.29, 1.82) is 0 Å². The lowest BCUT2D eigenvalue weighted by atomic mass is 10.1. The van der Waals surface area contributed by atoms with Crippen LogP contribution >= 0.6 is 11.3 Å². The van der Waals surface area contributed by atoms with Crippen molar-refractivity contribution in [3.63, 3.8) is 0 Å². The van der Waals surface area contributed by atoms with Crippen LogP contribution in [0.25, 0.3) is 11.3 Å². The minimum atomic E-state index is -0.492. The number of hydrogen-bond donors (Lipinski definition) is 1. The Bertz CT molecular complexity index is 1220. The van der Waals surface area contributed by atoms with Gasteiger partial charge in [-0.1, -0.05) is 36.4 Å². The van der Waals surface area contributed by atoms with E-state index in [1.807, 2.05) is 47.8 Å². The summed E-state index contributed by atoms with van der Waals surface area (Å²) in [7, 11) is 0. The normalized spacial score (nSPS) is 12.6. The zero-order valence-corrected chi connectivity index (χ0v) is 16.8. The molecule has 0 saturated carbocycles. The van der Waals surface area contributed by atoms with E-state index in [2.05, 4.69) is 11.4 Å². The quantitative estimate of drug-likeness (QED) is 0.452. The molecule has 0 aliphatic carbocycles.